The highest BCUT2D eigenvalue weighted by Gasteiger charge is 2.09. The van der Waals surface area contributed by atoms with Gasteiger partial charge in [0.05, 0.1) is 6.54 Å². The fraction of sp³-hybridized carbons (Fsp3) is 0.357. The van der Waals surface area contributed by atoms with Crippen LogP contribution in [0.25, 0.3) is 0 Å². The van der Waals surface area contributed by atoms with Gasteiger partial charge in [0.15, 0.2) is 0 Å². The maximum atomic E-state index is 9.97. The van der Waals surface area contributed by atoms with Crippen LogP contribution in [-0.4, -0.2) is 27.4 Å². The first kappa shape index (κ1) is 13.4. The minimum Gasteiger partial charge on any atom is -0.491 e. The summed E-state index contributed by atoms with van der Waals surface area (Å²) >= 11 is 0. The number of aromatic nitrogens is 2. The molecule has 19 heavy (non-hydrogen) atoms. The molecule has 0 saturated carbocycles. The second-order valence-electron chi connectivity index (χ2n) is 4.39. The molecule has 0 aliphatic rings. The van der Waals surface area contributed by atoms with Gasteiger partial charge < -0.3 is 20.1 Å². The molecule has 3 N–H and O–H groups in total. The third-order valence-electron chi connectivity index (χ3n) is 2.83. The van der Waals surface area contributed by atoms with E-state index in [1.165, 1.54) is 0 Å². The summed E-state index contributed by atoms with van der Waals surface area (Å²) in [6.45, 7) is 2.74. The molecule has 0 radical (unpaired) electrons. The van der Waals surface area contributed by atoms with Gasteiger partial charge in [0, 0.05) is 30.6 Å². The summed E-state index contributed by atoms with van der Waals surface area (Å²) in [5.74, 6) is 1.63. The quantitative estimate of drug-likeness (QED) is 0.772. The second-order valence-corrected chi connectivity index (χ2v) is 4.39. The van der Waals surface area contributed by atoms with E-state index < -0.39 is 6.10 Å². The van der Waals surface area contributed by atoms with Crippen molar-refractivity contribution >= 4 is 5.69 Å². The Hall–Kier alpha value is -2.01. The van der Waals surface area contributed by atoms with Crippen molar-refractivity contribution in [1.82, 2.24) is 9.55 Å². The second kappa shape index (κ2) is 6.24. The minimum atomic E-state index is -0.582. The van der Waals surface area contributed by atoms with Gasteiger partial charge >= 0.3 is 0 Å². The highest BCUT2D eigenvalue weighted by atomic mass is 16.5. The van der Waals surface area contributed by atoms with E-state index in [0.29, 0.717) is 18.0 Å². The average molecular weight is 261 g/mol. The number of anilines is 1. The van der Waals surface area contributed by atoms with Crippen LogP contribution in [0, 0.1) is 0 Å². The molecule has 1 heterocycles. The van der Waals surface area contributed by atoms with Crippen molar-refractivity contribution < 1.29 is 9.84 Å². The molecule has 0 bridgehead atoms. The highest BCUT2D eigenvalue weighted by molar-refractivity contribution is 5.43. The van der Waals surface area contributed by atoms with Crippen LogP contribution in [-0.2, 0) is 13.0 Å². The molecule has 0 aliphatic heterocycles. The van der Waals surface area contributed by atoms with Gasteiger partial charge in [0.1, 0.15) is 24.3 Å². The minimum absolute atomic E-state index is 0.227. The van der Waals surface area contributed by atoms with E-state index in [1.54, 1.807) is 18.3 Å². The van der Waals surface area contributed by atoms with E-state index >= 15 is 0 Å². The van der Waals surface area contributed by atoms with Crippen LogP contribution in [0.4, 0.5) is 5.69 Å². The summed E-state index contributed by atoms with van der Waals surface area (Å²) in [5.41, 5.74) is 6.31. The van der Waals surface area contributed by atoms with E-state index in [-0.39, 0.29) is 6.61 Å². The lowest BCUT2D eigenvalue weighted by Crippen LogP contribution is -2.24. The standard InChI is InChI=1S/C14H19N3O2/c1-2-14-16-6-7-17(14)9-12(18)10-19-13-5-3-4-11(15)8-13/h3-8,12,18H,2,9-10,15H2,1H3. The maximum absolute atomic E-state index is 9.97. The van der Waals surface area contributed by atoms with E-state index in [4.69, 9.17) is 10.5 Å². The van der Waals surface area contributed by atoms with Crippen molar-refractivity contribution in [2.75, 3.05) is 12.3 Å². The van der Waals surface area contributed by atoms with Crippen molar-refractivity contribution in [2.24, 2.45) is 0 Å². The van der Waals surface area contributed by atoms with Gasteiger partial charge in [-0.05, 0) is 12.1 Å². The molecule has 1 aromatic heterocycles. The number of benzene rings is 1. The van der Waals surface area contributed by atoms with Gasteiger partial charge in [0.2, 0.25) is 0 Å². The van der Waals surface area contributed by atoms with Crippen molar-refractivity contribution in [2.45, 2.75) is 26.0 Å². The molecule has 2 aromatic rings. The molecule has 0 amide bonds. The number of imidazole rings is 1. The van der Waals surface area contributed by atoms with Crippen molar-refractivity contribution in [3.63, 3.8) is 0 Å². The summed E-state index contributed by atoms with van der Waals surface area (Å²) in [5, 5.41) is 9.97. The molecule has 5 heteroatoms. The van der Waals surface area contributed by atoms with Crippen LogP contribution in [0.3, 0.4) is 0 Å². The van der Waals surface area contributed by atoms with E-state index in [1.807, 2.05) is 29.8 Å². The van der Waals surface area contributed by atoms with Crippen LogP contribution in [0.1, 0.15) is 12.7 Å². The number of hydrogen-bond donors (Lipinski definition) is 2. The Balaban J connectivity index is 1.86. The first-order valence-corrected chi connectivity index (χ1v) is 6.35. The molecule has 1 atom stereocenters. The highest BCUT2D eigenvalue weighted by Crippen LogP contribution is 2.14. The lowest BCUT2D eigenvalue weighted by molar-refractivity contribution is 0.0918. The Bertz CT molecular complexity index is 525. The molecule has 5 nitrogen and oxygen atoms in total. The van der Waals surface area contributed by atoms with Crippen molar-refractivity contribution in [3.05, 3.63) is 42.5 Å². The zero-order valence-corrected chi connectivity index (χ0v) is 11.0. The molecule has 1 unspecified atom stereocenters. The number of aliphatic hydroxyl groups excluding tert-OH is 1. The Labute approximate surface area is 112 Å². The van der Waals surface area contributed by atoms with E-state index in [2.05, 4.69) is 4.98 Å². The summed E-state index contributed by atoms with van der Waals surface area (Å²) in [7, 11) is 0. The lowest BCUT2D eigenvalue weighted by atomic mass is 10.3. The number of hydrogen-bond acceptors (Lipinski definition) is 4. The Morgan fingerprint density at radius 2 is 2.32 bits per heavy atom. The first-order chi connectivity index (χ1) is 9.19. The van der Waals surface area contributed by atoms with E-state index in [9.17, 15) is 5.11 Å². The summed E-state index contributed by atoms with van der Waals surface area (Å²) in [6.07, 6.45) is 3.86. The van der Waals surface area contributed by atoms with Crippen LogP contribution in [0.2, 0.25) is 0 Å². The average Bonchev–Trinajstić information content (AvgIpc) is 2.84. The molecule has 102 valence electrons. The number of nitrogen functional groups attached to an aromatic ring is 1. The van der Waals surface area contributed by atoms with Crippen LogP contribution in [0.15, 0.2) is 36.7 Å². The van der Waals surface area contributed by atoms with E-state index in [0.717, 1.165) is 12.2 Å². The van der Waals surface area contributed by atoms with Gasteiger partial charge in [-0.15, -0.1) is 0 Å². The van der Waals surface area contributed by atoms with Gasteiger partial charge in [-0.25, -0.2) is 4.98 Å². The van der Waals surface area contributed by atoms with Gasteiger partial charge in [-0.2, -0.15) is 0 Å². The molecule has 0 fully saturated rings. The molecule has 1 aromatic carbocycles. The SMILES string of the molecule is CCc1nccn1CC(O)COc1cccc(N)c1. The largest absolute Gasteiger partial charge is 0.491 e. The number of ether oxygens (including phenoxy) is 1. The molecule has 0 aliphatic carbocycles. The monoisotopic (exact) mass is 261 g/mol. The molecule has 0 spiro atoms. The first-order valence-electron chi connectivity index (χ1n) is 6.35. The molecular formula is C14H19N3O2. The predicted molar refractivity (Wildman–Crippen MR) is 74.0 cm³/mol. The van der Waals surface area contributed by atoms with Gasteiger partial charge in [0.25, 0.3) is 0 Å². The summed E-state index contributed by atoms with van der Waals surface area (Å²) in [6, 6.07) is 7.17. The lowest BCUT2D eigenvalue weighted by Gasteiger charge is -2.14. The molecular weight excluding hydrogens is 242 g/mol. The zero-order chi connectivity index (χ0) is 13.7. The number of aliphatic hydroxyl groups is 1. The zero-order valence-electron chi connectivity index (χ0n) is 11.0. The Kier molecular flexibility index (Phi) is 4.41. The smallest absolute Gasteiger partial charge is 0.121 e. The Morgan fingerprint density at radius 1 is 1.47 bits per heavy atom. The van der Waals surface area contributed by atoms with Gasteiger partial charge in [-0.1, -0.05) is 13.0 Å². The van der Waals surface area contributed by atoms with Crippen LogP contribution >= 0.6 is 0 Å². The van der Waals surface area contributed by atoms with Crippen LogP contribution < -0.4 is 10.5 Å². The normalized spacial score (nSPS) is 12.3. The van der Waals surface area contributed by atoms with Crippen molar-refractivity contribution in [3.8, 4) is 5.75 Å². The van der Waals surface area contributed by atoms with Crippen molar-refractivity contribution in [1.29, 1.82) is 0 Å². The van der Waals surface area contributed by atoms with Gasteiger partial charge in [-0.3, -0.25) is 0 Å². The van der Waals surface area contributed by atoms with Crippen LogP contribution in [0.5, 0.6) is 5.75 Å². The fourth-order valence-electron chi connectivity index (χ4n) is 1.90. The number of nitrogens with two attached hydrogens (primary N) is 1. The number of aryl methyl sites for hydroxylation is 1. The Morgan fingerprint density at radius 3 is 3.05 bits per heavy atom. The third-order valence-corrected chi connectivity index (χ3v) is 2.83. The topological polar surface area (TPSA) is 73.3 Å². The maximum Gasteiger partial charge on any atom is 0.121 e. The number of rotatable bonds is 6. The third kappa shape index (κ3) is 3.72. The molecule has 2 rings (SSSR count). The summed E-state index contributed by atoms with van der Waals surface area (Å²) < 4.78 is 7.45. The summed E-state index contributed by atoms with van der Waals surface area (Å²) in [4.78, 5) is 4.21. The molecule has 0 saturated heterocycles. The fourth-order valence-corrected chi connectivity index (χ4v) is 1.90. The number of nitrogens with zero attached hydrogens (tertiary/aromatic N) is 2. The predicted octanol–water partition coefficient (Wildman–Crippen LogP) is 1.47.